The molecule has 0 radical (unpaired) electrons. The first-order chi connectivity index (χ1) is 6.86. The third-order valence-electron chi connectivity index (χ3n) is 1.90. The minimum absolute atomic E-state index is 0.201. The summed E-state index contributed by atoms with van der Waals surface area (Å²) in [5.41, 5.74) is 4.06. The van der Waals surface area contributed by atoms with E-state index in [1.807, 2.05) is 0 Å². The van der Waals surface area contributed by atoms with Gasteiger partial charge in [0, 0.05) is 11.0 Å². The van der Waals surface area contributed by atoms with E-state index in [0.717, 1.165) is 6.07 Å². The molecule has 1 rings (SSSR count). The molecule has 0 fully saturated rings. The molecule has 0 aliphatic rings. The Morgan fingerprint density at radius 2 is 2.00 bits per heavy atom. The lowest BCUT2D eigenvalue weighted by atomic mass is 10.0. The van der Waals surface area contributed by atoms with Crippen molar-refractivity contribution in [3.8, 4) is 0 Å². The van der Waals surface area contributed by atoms with Gasteiger partial charge in [0.15, 0.2) is 0 Å². The highest BCUT2D eigenvalue weighted by Gasteiger charge is 2.34. The second-order valence-corrected chi connectivity index (χ2v) is 3.90. The summed E-state index contributed by atoms with van der Waals surface area (Å²) < 4.78 is 38.0. The second kappa shape index (κ2) is 4.51. The highest BCUT2D eigenvalue weighted by atomic mass is 79.9. The van der Waals surface area contributed by atoms with E-state index in [0.29, 0.717) is 4.47 Å². The van der Waals surface area contributed by atoms with Gasteiger partial charge >= 0.3 is 6.18 Å². The molecule has 0 saturated heterocycles. The zero-order valence-corrected chi connectivity index (χ0v) is 9.14. The average Bonchev–Trinajstić information content (AvgIpc) is 2.15. The van der Waals surface area contributed by atoms with E-state index in [1.54, 1.807) is 0 Å². The van der Waals surface area contributed by atoms with Crippen molar-refractivity contribution in [3.05, 3.63) is 33.8 Å². The molecule has 0 spiro atoms. The maximum atomic E-state index is 12.6. The van der Waals surface area contributed by atoms with Gasteiger partial charge in [0.2, 0.25) is 0 Å². The molecule has 84 valence electrons. The van der Waals surface area contributed by atoms with Crippen molar-refractivity contribution in [2.75, 3.05) is 6.54 Å². The Balaban J connectivity index is 3.27. The lowest BCUT2D eigenvalue weighted by molar-refractivity contribution is -0.139. The van der Waals surface area contributed by atoms with Crippen LogP contribution in [0.2, 0.25) is 0 Å². The van der Waals surface area contributed by atoms with Gasteiger partial charge < -0.3 is 10.8 Å². The summed E-state index contributed by atoms with van der Waals surface area (Å²) in [7, 11) is 0. The smallest absolute Gasteiger partial charge is 0.387 e. The van der Waals surface area contributed by atoms with Gasteiger partial charge in [0.05, 0.1) is 11.7 Å². The fourth-order valence-corrected chi connectivity index (χ4v) is 1.55. The van der Waals surface area contributed by atoms with Gasteiger partial charge in [0.25, 0.3) is 0 Å². The van der Waals surface area contributed by atoms with Crippen LogP contribution in [0.4, 0.5) is 13.2 Å². The number of alkyl halides is 3. The van der Waals surface area contributed by atoms with Crippen molar-refractivity contribution in [2.45, 2.75) is 12.3 Å². The van der Waals surface area contributed by atoms with E-state index < -0.39 is 17.8 Å². The molecular weight excluding hydrogens is 275 g/mol. The van der Waals surface area contributed by atoms with Gasteiger partial charge in [-0.05, 0) is 17.7 Å². The minimum Gasteiger partial charge on any atom is -0.387 e. The fraction of sp³-hybridized carbons (Fsp3) is 0.333. The third-order valence-corrected chi connectivity index (χ3v) is 2.40. The highest BCUT2D eigenvalue weighted by molar-refractivity contribution is 9.10. The average molecular weight is 284 g/mol. The van der Waals surface area contributed by atoms with Crippen LogP contribution in [-0.4, -0.2) is 11.7 Å². The number of aliphatic hydroxyl groups excluding tert-OH is 1. The van der Waals surface area contributed by atoms with Crippen molar-refractivity contribution in [1.29, 1.82) is 0 Å². The standard InChI is InChI=1S/C9H9BrF3NO/c10-5-1-2-6(8(15)4-14)7(3-5)9(11,12)13/h1-3,8,15H,4,14H2. The minimum atomic E-state index is -4.49. The Bertz CT molecular complexity index is 354. The molecule has 6 heteroatoms. The quantitative estimate of drug-likeness (QED) is 0.876. The SMILES string of the molecule is NCC(O)c1ccc(Br)cc1C(F)(F)F. The molecule has 3 N–H and O–H groups in total. The van der Waals surface area contributed by atoms with Gasteiger partial charge in [0.1, 0.15) is 0 Å². The van der Waals surface area contributed by atoms with Crippen molar-refractivity contribution in [3.63, 3.8) is 0 Å². The Kier molecular flexibility index (Phi) is 3.75. The van der Waals surface area contributed by atoms with Crippen LogP contribution in [0.1, 0.15) is 17.2 Å². The fourth-order valence-electron chi connectivity index (χ4n) is 1.19. The van der Waals surface area contributed by atoms with E-state index in [-0.39, 0.29) is 12.1 Å². The van der Waals surface area contributed by atoms with Crippen LogP contribution >= 0.6 is 15.9 Å². The molecule has 0 heterocycles. The molecule has 0 amide bonds. The second-order valence-electron chi connectivity index (χ2n) is 2.98. The normalized spacial score (nSPS) is 14.0. The Labute approximate surface area is 93.0 Å². The van der Waals surface area contributed by atoms with Crippen LogP contribution in [0.25, 0.3) is 0 Å². The van der Waals surface area contributed by atoms with Crippen LogP contribution in [0.5, 0.6) is 0 Å². The number of rotatable bonds is 2. The Morgan fingerprint density at radius 3 is 2.47 bits per heavy atom. The van der Waals surface area contributed by atoms with Crippen molar-refractivity contribution < 1.29 is 18.3 Å². The van der Waals surface area contributed by atoms with Crippen molar-refractivity contribution in [1.82, 2.24) is 0 Å². The van der Waals surface area contributed by atoms with Crippen LogP contribution in [0.15, 0.2) is 22.7 Å². The molecule has 1 aromatic carbocycles. The van der Waals surface area contributed by atoms with Crippen LogP contribution in [0.3, 0.4) is 0 Å². The molecule has 1 aromatic rings. The molecule has 0 aliphatic carbocycles. The topological polar surface area (TPSA) is 46.2 Å². The summed E-state index contributed by atoms with van der Waals surface area (Å²) >= 11 is 2.95. The van der Waals surface area contributed by atoms with Crippen LogP contribution in [0, 0.1) is 0 Å². The molecule has 0 aliphatic heterocycles. The molecule has 0 saturated carbocycles. The van der Waals surface area contributed by atoms with E-state index in [2.05, 4.69) is 15.9 Å². The van der Waals surface area contributed by atoms with Crippen molar-refractivity contribution >= 4 is 15.9 Å². The van der Waals surface area contributed by atoms with Gasteiger partial charge in [-0.15, -0.1) is 0 Å². The number of hydrogen-bond acceptors (Lipinski definition) is 2. The highest BCUT2D eigenvalue weighted by Crippen LogP contribution is 2.36. The van der Waals surface area contributed by atoms with E-state index >= 15 is 0 Å². The predicted molar refractivity (Wildman–Crippen MR) is 53.2 cm³/mol. The molecule has 15 heavy (non-hydrogen) atoms. The third kappa shape index (κ3) is 2.93. The summed E-state index contributed by atoms with van der Waals surface area (Å²) in [4.78, 5) is 0. The zero-order chi connectivity index (χ0) is 11.6. The van der Waals surface area contributed by atoms with Crippen molar-refractivity contribution in [2.24, 2.45) is 5.73 Å². The zero-order valence-electron chi connectivity index (χ0n) is 7.55. The summed E-state index contributed by atoms with van der Waals surface area (Å²) in [5, 5.41) is 9.32. The number of hydrogen-bond donors (Lipinski definition) is 2. The maximum absolute atomic E-state index is 12.6. The van der Waals surface area contributed by atoms with Crippen LogP contribution in [-0.2, 0) is 6.18 Å². The summed E-state index contributed by atoms with van der Waals surface area (Å²) in [6, 6.07) is 3.57. The molecular formula is C9H9BrF3NO. The summed E-state index contributed by atoms with van der Waals surface area (Å²) in [5.74, 6) is 0. The molecule has 1 atom stereocenters. The first-order valence-electron chi connectivity index (χ1n) is 4.11. The number of nitrogens with two attached hydrogens (primary N) is 1. The lowest BCUT2D eigenvalue weighted by Gasteiger charge is -2.16. The van der Waals surface area contributed by atoms with Gasteiger partial charge in [-0.3, -0.25) is 0 Å². The monoisotopic (exact) mass is 283 g/mol. The summed E-state index contributed by atoms with van der Waals surface area (Å²) in [6.45, 7) is -0.245. The van der Waals surface area contributed by atoms with E-state index in [9.17, 15) is 18.3 Å². The molecule has 0 bridgehead atoms. The first kappa shape index (κ1) is 12.5. The molecule has 0 aromatic heterocycles. The predicted octanol–water partition coefficient (Wildman–Crippen LogP) is 2.46. The number of aliphatic hydroxyl groups is 1. The van der Waals surface area contributed by atoms with Gasteiger partial charge in [-0.1, -0.05) is 22.0 Å². The van der Waals surface area contributed by atoms with Gasteiger partial charge in [-0.25, -0.2) is 0 Å². The van der Waals surface area contributed by atoms with E-state index in [1.165, 1.54) is 12.1 Å². The largest absolute Gasteiger partial charge is 0.416 e. The van der Waals surface area contributed by atoms with Gasteiger partial charge in [-0.2, -0.15) is 13.2 Å². The molecule has 2 nitrogen and oxygen atoms in total. The number of benzene rings is 1. The summed E-state index contributed by atoms with van der Waals surface area (Å²) in [6.07, 6.45) is -5.79. The Morgan fingerprint density at radius 1 is 1.40 bits per heavy atom. The van der Waals surface area contributed by atoms with E-state index in [4.69, 9.17) is 5.73 Å². The maximum Gasteiger partial charge on any atom is 0.416 e. The molecule has 1 unspecified atom stereocenters. The Hall–Kier alpha value is -0.590. The first-order valence-corrected chi connectivity index (χ1v) is 4.90. The number of halogens is 4. The lowest BCUT2D eigenvalue weighted by Crippen LogP contribution is -2.17. The van der Waals surface area contributed by atoms with Crippen LogP contribution < -0.4 is 5.73 Å².